The van der Waals surface area contributed by atoms with E-state index in [4.69, 9.17) is 0 Å². The third-order valence-electron chi connectivity index (χ3n) is 3.21. The van der Waals surface area contributed by atoms with Crippen LogP contribution < -0.4 is 0 Å². The minimum absolute atomic E-state index is 1.16. The minimum Gasteiger partial charge on any atom is -0.265 e. The molecule has 3 aromatic rings. The summed E-state index contributed by atoms with van der Waals surface area (Å²) in [5.41, 5.74) is 4.86. The summed E-state index contributed by atoms with van der Waals surface area (Å²) in [6.45, 7) is 0. The van der Waals surface area contributed by atoms with Gasteiger partial charge in [-0.2, -0.15) is 0 Å². The second-order valence-electron chi connectivity index (χ2n) is 4.57. The first-order chi connectivity index (χ1) is 9.93. The first-order valence-corrected chi connectivity index (χ1v) is 6.66. The van der Waals surface area contributed by atoms with Crippen LogP contribution >= 0.6 is 0 Å². The normalized spacial score (nSPS) is 10.8. The van der Waals surface area contributed by atoms with Gasteiger partial charge in [0.15, 0.2) is 0 Å². The zero-order chi connectivity index (χ0) is 13.6. The molecule has 96 valence electrons. The molecule has 2 aromatic carbocycles. The third-order valence-corrected chi connectivity index (χ3v) is 3.21. The molecule has 0 saturated carbocycles. The van der Waals surface area contributed by atoms with Crippen LogP contribution in [0.4, 0.5) is 0 Å². The summed E-state index contributed by atoms with van der Waals surface area (Å²) < 4.78 is 0. The second-order valence-corrected chi connectivity index (χ2v) is 4.57. The molecule has 20 heavy (non-hydrogen) atoms. The van der Waals surface area contributed by atoms with Gasteiger partial charge in [0.1, 0.15) is 0 Å². The quantitative estimate of drug-likeness (QED) is 0.649. The van der Waals surface area contributed by atoms with Crippen LogP contribution in [0.2, 0.25) is 0 Å². The van der Waals surface area contributed by atoms with E-state index in [9.17, 15) is 0 Å². The molecule has 0 saturated heterocycles. The van der Waals surface area contributed by atoms with Gasteiger partial charge >= 0.3 is 0 Å². The molecule has 0 fully saturated rings. The Labute approximate surface area is 119 Å². The van der Waals surface area contributed by atoms with Crippen LogP contribution in [0.1, 0.15) is 11.1 Å². The van der Waals surface area contributed by atoms with Crippen LogP contribution in [-0.4, -0.2) is 4.98 Å². The number of hydrogen-bond donors (Lipinski definition) is 0. The lowest BCUT2D eigenvalue weighted by atomic mass is 9.99. The molecule has 0 spiro atoms. The van der Waals surface area contributed by atoms with Crippen molar-refractivity contribution in [2.75, 3.05) is 0 Å². The Morgan fingerprint density at radius 1 is 0.650 bits per heavy atom. The first kappa shape index (κ1) is 12.4. The van der Waals surface area contributed by atoms with Crippen molar-refractivity contribution in [2.45, 2.75) is 0 Å². The topological polar surface area (TPSA) is 12.9 Å². The Balaban J connectivity index is 1.97. The van der Waals surface area contributed by atoms with Crippen molar-refractivity contribution in [3.8, 4) is 11.1 Å². The van der Waals surface area contributed by atoms with E-state index < -0.39 is 0 Å². The van der Waals surface area contributed by atoms with E-state index in [1.165, 1.54) is 16.7 Å². The molecule has 0 amide bonds. The van der Waals surface area contributed by atoms with Crippen molar-refractivity contribution in [3.63, 3.8) is 0 Å². The summed E-state index contributed by atoms with van der Waals surface area (Å²) >= 11 is 0. The molecule has 0 aliphatic rings. The fourth-order valence-electron chi connectivity index (χ4n) is 2.18. The maximum atomic E-state index is 4.03. The molecule has 0 aliphatic heterocycles. The van der Waals surface area contributed by atoms with E-state index in [-0.39, 0.29) is 0 Å². The Bertz CT molecular complexity index is 700. The van der Waals surface area contributed by atoms with Gasteiger partial charge in [0.2, 0.25) is 0 Å². The highest BCUT2D eigenvalue weighted by Gasteiger charge is 2.00. The summed E-state index contributed by atoms with van der Waals surface area (Å²) in [6.07, 6.45) is 7.88. The molecular weight excluding hydrogens is 242 g/mol. The molecule has 0 unspecified atom stereocenters. The smallest absolute Gasteiger partial charge is 0.0273 e. The standard InChI is InChI=1S/C19H15N/c1-2-6-17(7-3-1)19-9-5-4-8-18(19)11-10-16-12-14-20-15-13-16/h1-15H. The summed E-state index contributed by atoms with van der Waals surface area (Å²) in [5, 5.41) is 0. The predicted molar refractivity (Wildman–Crippen MR) is 85.0 cm³/mol. The number of rotatable bonds is 3. The van der Waals surface area contributed by atoms with E-state index in [1.807, 2.05) is 30.6 Å². The van der Waals surface area contributed by atoms with Crippen LogP contribution in [-0.2, 0) is 0 Å². The summed E-state index contributed by atoms with van der Waals surface area (Å²) in [4.78, 5) is 4.03. The highest BCUT2D eigenvalue weighted by atomic mass is 14.6. The maximum absolute atomic E-state index is 4.03. The molecule has 1 heteroatoms. The summed E-state index contributed by atoms with van der Waals surface area (Å²) in [5.74, 6) is 0. The average Bonchev–Trinajstić information content (AvgIpc) is 2.55. The molecule has 3 rings (SSSR count). The van der Waals surface area contributed by atoms with Gasteiger partial charge in [-0.1, -0.05) is 66.7 Å². The minimum atomic E-state index is 1.16. The van der Waals surface area contributed by atoms with Crippen molar-refractivity contribution in [1.82, 2.24) is 4.98 Å². The Kier molecular flexibility index (Phi) is 3.70. The van der Waals surface area contributed by atoms with Gasteiger partial charge in [-0.3, -0.25) is 4.98 Å². The molecule has 0 atom stereocenters. The first-order valence-electron chi connectivity index (χ1n) is 6.66. The average molecular weight is 257 g/mol. The largest absolute Gasteiger partial charge is 0.265 e. The number of nitrogens with zero attached hydrogens (tertiary/aromatic N) is 1. The molecule has 0 radical (unpaired) electrons. The van der Waals surface area contributed by atoms with Crippen molar-refractivity contribution in [2.24, 2.45) is 0 Å². The van der Waals surface area contributed by atoms with Crippen LogP contribution in [0.25, 0.3) is 23.3 Å². The lowest BCUT2D eigenvalue weighted by molar-refractivity contribution is 1.32. The number of benzene rings is 2. The summed E-state index contributed by atoms with van der Waals surface area (Å²) in [7, 11) is 0. The zero-order valence-electron chi connectivity index (χ0n) is 11.1. The van der Waals surface area contributed by atoms with Crippen LogP contribution in [0.15, 0.2) is 79.1 Å². The van der Waals surface area contributed by atoms with Crippen LogP contribution in [0.3, 0.4) is 0 Å². The van der Waals surface area contributed by atoms with Gasteiger partial charge in [-0.15, -0.1) is 0 Å². The fraction of sp³-hybridized carbons (Fsp3) is 0. The lowest BCUT2D eigenvalue weighted by Gasteiger charge is -2.06. The monoisotopic (exact) mass is 257 g/mol. The van der Waals surface area contributed by atoms with E-state index in [0.717, 1.165) is 5.56 Å². The Morgan fingerprint density at radius 2 is 1.35 bits per heavy atom. The van der Waals surface area contributed by atoms with E-state index in [1.54, 1.807) is 0 Å². The van der Waals surface area contributed by atoms with Crippen molar-refractivity contribution < 1.29 is 0 Å². The van der Waals surface area contributed by atoms with Gasteiger partial charge in [-0.05, 0) is 34.4 Å². The van der Waals surface area contributed by atoms with E-state index in [2.05, 4.69) is 65.7 Å². The molecule has 1 nitrogen and oxygen atoms in total. The molecule has 1 heterocycles. The molecule has 0 bridgehead atoms. The lowest BCUT2D eigenvalue weighted by Crippen LogP contribution is -1.82. The Hall–Kier alpha value is -2.67. The van der Waals surface area contributed by atoms with Gasteiger partial charge in [0.25, 0.3) is 0 Å². The van der Waals surface area contributed by atoms with Crippen molar-refractivity contribution in [3.05, 3.63) is 90.3 Å². The number of aromatic nitrogens is 1. The molecule has 0 N–H and O–H groups in total. The van der Waals surface area contributed by atoms with Crippen LogP contribution in [0.5, 0.6) is 0 Å². The predicted octanol–water partition coefficient (Wildman–Crippen LogP) is 4.92. The summed E-state index contributed by atoms with van der Waals surface area (Å²) in [6, 6.07) is 22.9. The third kappa shape index (κ3) is 2.83. The SMILES string of the molecule is C(=Cc1ccccc1-c1ccccc1)c1ccncc1. The van der Waals surface area contributed by atoms with Crippen molar-refractivity contribution in [1.29, 1.82) is 0 Å². The molecular formula is C19H15N. The highest BCUT2D eigenvalue weighted by molar-refractivity contribution is 5.80. The Morgan fingerprint density at radius 3 is 2.15 bits per heavy atom. The van der Waals surface area contributed by atoms with Crippen molar-refractivity contribution >= 4 is 12.2 Å². The van der Waals surface area contributed by atoms with Gasteiger partial charge in [0, 0.05) is 12.4 Å². The number of hydrogen-bond acceptors (Lipinski definition) is 1. The van der Waals surface area contributed by atoms with E-state index in [0.29, 0.717) is 0 Å². The van der Waals surface area contributed by atoms with Gasteiger partial charge < -0.3 is 0 Å². The highest BCUT2D eigenvalue weighted by Crippen LogP contribution is 2.24. The molecule has 1 aromatic heterocycles. The zero-order valence-corrected chi connectivity index (χ0v) is 11.1. The van der Waals surface area contributed by atoms with Gasteiger partial charge in [-0.25, -0.2) is 0 Å². The molecule has 0 aliphatic carbocycles. The van der Waals surface area contributed by atoms with E-state index >= 15 is 0 Å². The maximum Gasteiger partial charge on any atom is 0.0273 e. The van der Waals surface area contributed by atoms with Crippen LogP contribution in [0, 0.1) is 0 Å². The fourth-order valence-corrected chi connectivity index (χ4v) is 2.18. The second kappa shape index (κ2) is 5.98. The van der Waals surface area contributed by atoms with Gasteiger partial charge in [0.05, 0.1) is 0 Å². The number of pyridine rings is 1.